The van der Waals surface area contributed by atoms with Crippen LogP contribution in [0.15, 0.2) is 51.3 Å². The van der Waals surface area contributed by atoms with Gasteiger partial charge in [0.25, 0.3) is 5.22 Å². The predicted molar refractivity (Wildman–Crippen MR) is 71.5 cm³/mol. The summed E-state index contributed by atoms with van der Waals surface area (Å²) < 4.78 is 5.34. The van der Waals surface area contributed by atoms with E-state index in [9.17, 15) is 0 Å². The Morgan fingerprint density at radius 2 is 2.17 bits per heavy atom. The predicted octanol–water partition coefficient (Wildman–Crippen LogP) is 3.26. The van der Waals surface area contributed by atoms with Crippen molar-refractivity contribution < 1.29 is 4.42 Å². The van der Waals surface area contributed by atoms with Crippen molar-refractivity contribution in [2.45, 2.75) is 17.0 Å². The lowest BCUT2D eigenvalue weighted by atomic mass is 10.2. The van der Waals surface area contributed by atoms with Crippen molar-refractivity contribution in [1.29, 1.82) is 0 Å². The normalized spacial score (nSPS) is 10.9. The van der Waals surface area contributed by atoms with E-state index in [-0.39, 0.29) is 0 Å². The van der Waals surface area contributed by atoms with Gasteiger partial charge in [0.1, 0.15) is 6.26 Å². The number of benzene rings is 1. The van der Waals surface area contributed by atoms with Crippen LogP contribution in [0.4, 0.5) is 5.69 Å². The van der Waals surface area contributed by atoms with Crippen LogP contribution in [0.1, 0.15) is 5.69 Å². The molecule has 0 saturated carbocycles. The molecule has 0 unspecified atom stereocenters. The number of nitrogens with zero attached hydrogens (tertiary/aromatic N) is 2. The highest BCUT2D eigenvalue weighted by atomic mass is 32.2. The van der Waals surface area contributed by atoms with Gasteiger partial charge in [-0.25, -0.2) is 4.98 Å². The Morgan fingerprint density at radius 3 is 2.94 bits per heavy atom. The molecule has 2 N–H and O–H groups in total. The Morgan fingerprint density at radius 1 is 1.28 bits per heavy atom. The number of nitrogen functional groups attached to an aromatic ring is 1. The number of hydrogen-bond donors (Lipinski definition) is 1. The van der Waals surface area contributed by atoms with Crippen molar-refractivity contribution in [1.82, 2.24) is 9.97 Å². The Labute approximate surface area is 108 Å². The zero-order chi connectivity index (χ0) is 12.5. The maximum Gasteiger partial charge on any atom is 0.260 e. The average molecular weight is 257 g/mol. The zero-order valence-electron chi connectivity index (χ0n) is 9.75. The highest BCUT2D eigenvalue weighted by Crippen LogP contribution is 2.33. The molecule has 0 aliphatic heterocycles. The molecule has 0 fully saturated rings. The maximum absolute atomic E-state index is 5.93. The fourth-order valence-electron chi connectivity index (χ4n) is 1.72. The van der Waals surface area contributed by atoms with E-state index in [0.29, 0.717) is 5.22 Å². The second kappa shape index (κ2) is 4.34. The van der Waals surface area contributed by atoms with Crippen molar-refractivity contribution in [2.24, 2.45) is 0 Å². The molecule has 3 rings (SSSR count). The number of hydrogen-bond acceptors (Lipinski definition) is 5. The number of fused-ring (bicyclic) bond motifs is 1. The molecule has 0 bridgehead atoms. The average Bonchev–Trinajstić information content (AvgIpc) is 2.79. The number of pyridine rings is 1. The van der Waals surface area contributed by atoms with E-state index in [1.54, 1.807) is 12.5 Å². The molecule has 0 atom stereocenters. The van der Waals surface area contributed by atoms with E-state index in [2.05, 4.69) is 9.97 Å². The first-order chi connectivity index (χ1) is 8.74. The van der Waals surface area contributed by atoms with Gasteiger partial charge in [-0.15, -0.1) is 0 Å². The summed E-state index contributed by atoms with van der Waals surface area (Å²) in [5.74, 6) is 0. The first kappa shape index (κ1) is 11.1. The smallest absolute Gasteiger partial charge is 0.260 e. The Hall–Kier alpha value is -2.01. The summed E-state index contributed by atoms with van der Waals surface area (Å²) in [5, 5.41) is 1.56. The molecule has 0 aliphatic rings. The zero-order valence-corrected chi connectivity index (χ0v) is 10.6. The first-order valence-corrected chi connectivity index (χ1v) is 6.29. The number of rotatable bonds is 2. The third kappa shape index (κ3) is 1.93. The third-order valence-electron chi connectivity index (χ3n) is 2.56. The lowest BCUT2D eigenvalue weighted by Crippen LogP contribution is -1.90. The molecular weight excluding hydrogens is 246 g/mol. The topological polar surface area (TPSA) is 64.9 Å². The minimum Gasteiger partial charge on any atom is -0.439 e. The van der Waals surface area contributed by atoms with Crippen molar-refractivity contribution in [2.75, 3.05) is 5.73 Å². The van der Waals surface area contributed by atoms with Crippen LogP contribution in [0.2, 0.25) is 0 Å². The van der Waals surface area contributed by atoms with E-state index >= 15 is 0 Å². The molecular formula is C13H11N3OS. The first-order valence-electron chi connectivity index (χ1n) is 5.47. The van der Waals surface area contributed by atoms with Crippen LogP contribution in [0.3, 0.4) is 0 Å². The number of aromatic nitrogens is 2. The van der Waals surface area contributed by atoms with Gasteiger partial charge in [-0.3, -0.25) is 4.98 Å². The van der Waals surface area contributed by atoms with Gasteiger partial charge < -0.3 is 10.2 Å². The summed E-state index contributed by atoms with van der Waals surface area (Å²) in [7, 11) is 0. The van der Waals surface area contributed by atoms with Gasteiger partial charge in [-0.1, -0.05) is 0 Å². The minimum absolute atomic E-state index is 0.615. The van der Waals surface area contributed by atoms with E-state index in [0.717, 1.165) is 27.2 Å². The molecule has 3 aromatic rings. The van der Waals surface area contributed by atoms with E-state index < -0.39 is 0 Å². The fraction of sp³-hybridized carbons (Fsp3) is 0.0769. The van der Waals surface area contributed by atoms with Crippen LogP contribution < -0.4 is 5.73 Å². The highest BCUT2D eigenvalue weighted by molar-refractivity contribution is 7.99. The van der Waals surface area contributed by atoms with Crippen molar-refractivity contribution in [3.63, 3.8) is 0 Å². The molecule has 5 heteroatoms. The van der Waals surface area contributed by atoms with Gasteiger partial charge in [0.2, 0.25) is 0 Å². The van der Waals surface area contributed by atoms with Crippen molar-refractivity contribution in [3.8, 4) is 0 Å². The van der Waals surface area contributed by atoms with Crippen LogP contribution in [0, 0.1) is 6.92 Å². The van der Waals surface area contributed by atoms with Gasteiger partial charge in [-0.05, 0) is 43.0 Å². The lowest BCUT2D eigenvalue weighted by Gasteiger charge is -2.05. The summed E-state index contributed by atoms with van der Waals surface area (Å²) in [6, 6.07) is 7.65. The van der Waals surface area contributed by atoms with Crippen LogP contribution >= 0.6 is 11.8 Å². The molecule has 2 aromatic heterocycles. The van der Waals surface area contributed by atoms with Gasteiger partial charge in [-0.2, -0.15) is 0 Å². The molecule has 0 aliphatic carbocycles. The molecule has 0 saturated heterocycles. The number of anilines is 1. The minimum atomic E-state index is 0.615. The van der Waals surface area contributed by atoms with Gasteiger partial charge in [0.15, 0.2) is 0 Å². The van der Waals surface area contributed by atoms with E-state index in [1.165, 1.54) is 11.8 Å². The van der Waals surface area contributed by atoms with Crippen LogP contribution in [0.25, 0.3) is 10.9 Å². The maximum atomic E-state index is 5.93. The Balaban J connectivity index is 2.09. The second-order valence-corrected chi connectivity index (χ2v) is 4.90. The van der Waals surface area contributed by atoms with E-state index in [1.807, 2.05) is 31.2 Å². The summed E-state index contributed by atoms with van der Waals surface area (Å²) in [6.07, 6.45) is 3.39. The highest BCUT2D eigenvalue weighted by Gasteiger charge is 2.09. The molecule has 0 amide bonds. The molecule has 18 heavy (non-hydrogen) atoms. The van der Waals surface area contributed by atoms with Gasteiger partial charge >= 0.3 is 0 Å². The van der Waals surface area contributed by atoms with Crippen molar-refractivity contribution in [3.05, 3.63) is 42.4 Å². The molecule has 2 heterocycles. The molecule has 1 aromatic carbocycles. The quantitative estimate of drug-likeness (QED) is 0.714. The fourth-order valence-corrected chi connectivity index (χ4v) is 2.59. The second-order valence-electron chi connectivity index (χ2n) is 3.91. The van der Waals surface area contributed by atoms with Crippen molar-refractivity contribution >= 4 is 28.4 Å². The van der Waals surface area contributed by atoms with Gasteiger partial charge in [0.05, 0.1) is 11.2 Å². The number of oxazole rings is 1. The summed E-state index contributed by atoms with van der Waals surface area (Å²) in [5.41, 5.74) is 8.40. The summed E-state index contributed by atoms with van der Waals surface area (Å²) in [6.45, 7) is 1.90. The van der Waals surface area contributed by atoms with Crippen LogP contribution in [-0.2, 0) is 0 Å². The lowest BCUT2D eigenvalue weighted by molar-refractivity contribution is 0.454. The Bertz CT molecular complexity index is 708. The third-order valence-corrected chi connectivity index (χ3v) is 3.47. The molecule has 4 nitrogen and oxygen atoms in total. The number of nitrogens with two attached hydrogens (primary N) is 1. The molecule has 0 spiro atoms. The molecule has 0 radical (unpaired) electrons. The number of aryl methyl sites for hydroxylation is 1. The molecule has 90 valence electrons. The monoisotopic (exact) mass is 257 g/mol. The van der Waals surface area contributed by atoms with Gasteiger partial charge in [0, 0.05) is 22.2 Å². The van der Waals surface area contributed by atoms with Crippen LogP contribution in [-0.4, -0.2) is 9.97 Å². The van der Waals surface area contributed by atoms with E-state index in [4.69, 9.17) is 10.2 Å². The summed E-state index contributed by atoms with van der Waals surface area (Å²) in [4.78, 5) is 9.63. The van der Waals surface area contributed by atoms with Crippen LogP contribution in [0.5, 0.6) is 0 Å². The largest absolute Gasteiger partial charge is 0.439 e. The summed E-state index contributed by atoms with van der Waals surface area (Å²) >= 11 is 1.45. The Kier molecular flexibility index (Phi) is 2.68. The standard InChI is InChI=1S/C13H11N3OS/c1-8-7-17-13(16-8)18-11-5-4-10(14)9-3-2-6-15-12(9)11/h2-7H,14H2,1H3. The SMILES string of the molecule is Cc1coc(Sc2ccc(N)c3cccnc23)n1.